The molecular formula is C13H19N5O. The Balaban J connectivity index is 1.78. The Kier molecular flexibility index (Phi) is 3.25. The van der Waals surface area contributed by atoms with Gasteiger partial charge in [-0.1, -0.05) is 5.16 Å². The Hall–Kier alpha value is -1.82. The smallest absolute Gasteiger partial charge is 0.188 e. The van der Waals surface area contributed by atoms with Gasteiger partial charge in [-0.25, -0.2) is 0 Å². The number of hydrogen-bond donors (Lipinski definition) is 2. The number of nitrogens with two attached hydrogens (primary N) is 1. The van der Waals surface area contributed by atoms with Gasteiger partial charge in [-0.2, -0.15) is 0 Å². The minimum atomic E-state index is 0.0568. The Labute approximate surface area is 112 Å². The molecule has 0 aliphatic carbocycles. The summed E-state index contributed by atoms with van der Waals surface area (Å²) in [6, 6.07) is 4.55. The standard InChI is InChI=1S/C13H19N5O/c14-13(16-19)12-8-10(3-4-15-12)18-7-6-17-5-1-2-11(17)9-18/h3-4,8,11,19H,1-2,5-7,9H2,(H2,14,16). The van der Waals surface area contributed by atoms with E-state index in [2.05, 4.69) is 19.9 Å². The molecule has 2 fully saturated rings. The van der Waals surface area contributed by atoms with Gasteiger partial charge in [-0.15, -0.1) is 0 Å². The highest BCUT2D eigenvalue weighted by molar-refractivity contribution is 5.95. The minimum Gasteiger partial charge on any atom is -0.409 e. The predicted octanol–water partition coefficient (Wildman–Crippen LogP) is 0.460. The average molecular weight is 261 g/mol. The molecule has 1 atom stereocenters. The van der Waals surface area contributed by atoms with E-state index in [4.69, 9.17) is 10.9 Å². The zero-order valence-corrected chi connectivity index (χ0v) is 10.9. The molecular weight excluding hydrogens is 242 g/mol. The van der Waals surface area contributed by atoms with Crippen LogP contribution in [0.3, 0.4) is 0 Å². The molecule has 19 heavy (non-hydrogen) atoms. The molecule has 3 rings (SSSR count). The number of piperazine rings is 1. The topological polar surface area (TPSA) is 78.0 Å². The van der Waals surface area contributed by atoms with Gasteiger partial charge >= 0.3 is 0 Å². The molecule has 6 nitrogen and oxygen atoms in total. The second kappa shape index (κ2) is 5.05. The van der Waals surface area contributed by atoms with Crippen molar-refractivity contribution >= 4 is 11.5 Å². The summed E-state index contributed by atoms with van der Waals surface area (Å²) >= 11 is 0. The van der Waals surface area contributed by atoms with Crippen molar-refractivity contribution in [1.82, 2.24) is 9.88 Å². The summed E-state index contributed by atoms with van der Waals surface area (Å²) in [5.41, 5.74) is 7.21. The molecule has 102 valence electrons. The van der Waals surface area contributed by atoms with Gasteiger partial charge in [0.25, 0.3) is 0 Å². The number of nitrogens with zero attached hydrogens (tertiary/aromatic N) is 4. The highest BCUT2D eigenvalue weighted by Gasteiger charge is 2.30. The molecule has 0 amide bonds. The number of anilines is 1. The Bertz CT molecular complexity index is 490. The Morgan fingerprint density at radius 1 is 1.42 bits per heavy atom. The zero-order valence-electron chi connectivity index (χ0n) is 10.9. The van der Waals surface area contributed by atoms with Crippen LogP contribution in [-0.4, -0.2) is 53.1 Å². The van der Waals surface area contributed by atoms with Crippen LogP contribution in [0.25, 0.3) is 0 Å². The first-order valence-electron chi connectivity index (χ1n) is 6.71. The summed E-state index contributed by atoms with van der Waals surface area (Å²) in [5.74, 6) is 0.0568. The highest BCUT2D eigenvalue weighted by atomic mass is 16.4. The first kappa shape index (κ1) is 12.2. The van der Waals surface area contributed by atoms with Crippen LogP contribution in [0.4, 0.5) is 5.69 Å². The molecule has 2 aliphatic heterocycles. The molecule has 0 aromatic carbocycles. The SMILES string of the molecule is NC(=NO)c1cc(N2CCN3CCCC3C2)ccn1. The van der Waals surface area contributed by atoms with Crippen LogP contribution in [0.5, 0.6) is 0 Å². The lowest BCUT2D eigenvalue weighted by Gasteiger charge is -2.38. The van der Waals surface area contributed by atoms with Crippen LogP contribution < -0.4 is 10.6 Å². The van der Waals surface area contributed by atoms with Crippen LogP contribution in [0, 0.1) is 0 Å². The van der Waals surface area contributed by atoms with Gasteiger partial charge in [0.2, 0.25) is 0 Å². The molecule has 0 spiro atoms. The summed E-state index contributed by atoms with van der Waals surface area (Å²) in [7, 11) is 0. The van der Waals surface area contributed by atoms with E-state index in [1.807, 2.05) is 12.1 Å². The van der Waals surface area contributed by atoms with Crippen LogP contribution in [-0.2, 0) is 0 Å². The molecule has 0 bridgehead atoms. The maximum atomic E-state index is 8.72. The van der Waals surface area contributed by atoms with Gasteiger partial charge in [0, 0.05) is 37.6 Å². The highest BCUT2D eigenvalue weighted by Crippen LogP contribution is 2.25. The largest absolute Gasteiger partial charge is 0.409 e. The van der Waals surface area contributed by atoms with Crippen molar-refractivity contribution in [3.05, 3.63) is 24.0 Å². The summed E-state index contributed by atoms with van der Waals surface area (Å²) in [6.07, 6.45) is 4.31. The van der Waals surface area contributed by atoms with E-state index < -0.39 is 0 Å². The first-order valence-corrected chi connectivity index (χ1v) is 6.71. The van der Waals surface area contributed by atoms with Crippen LogP contribution >= 0.6 is 0 Å². The minimum absolute atomic E-state index is 0.0568. The van der Waals surface area contributed by atoms with Gasteiger partial charge in [-0.05, 0) is 31.5 Å². The molecule has 2 saturated heterocycles. The molecule has 0 radical (unpaired) electrons. The van der Waals surface area contributed by atoms with E-state index in [0.717, 1.165) is 25.3 Å². The van der Waals surface area contributed by atoms with E-state index in [-0.39, 0.29) is 5.84 Å². The quantitative estimate of drug-likeness (QED) is 0.350. The van der Waals surface area contributed by atoms with Crippen molar-refractivity contribution in [1.29, 1.82) is 0 Å². The summed E-state index contributed by atoms with van der Waals surface area (Å²) in [4.78, 5) is 9.05. The summed E-state index contributed by atoms with van der Waals surface area (Å²) < 4.78 is 0. The molecule has 1 unspecified atom stereocenters. The summed E-state index contributed by atoms with van der Waals surface area (Å²) in [5, 5.41) is 11.7. The van der Waals surface area contributed by atoms with Crippen LogP contribution in [0.15, 0.2) is 23.5 Å². The Morgan fingerprint density at radius 3 is 3.16 bits per heavy atom. The van der Waals surface area contributed by atoms with Gasteiger partial charge in [0.1, 0.15) is 5.69 Å². The van der Waals surface area contributed by atoms with Gasteiger partial charge in [0.05, 0.1) is 0 Å². The van der Waals surface area contributed by atoms with Crippen LogP contribution in [0.1, 0.15) is 18.5 Å². The van der Waals surface area contributed by atoms with Crippen molar-refractivity contribution in [2.24, 2.45) is 10.9 Å². The lowest BCUT2D eigenvalue weighted by atomic mass is 10.1. The monoisotopic (exact) mass is 261 g/mol. The lowest BCUT2D eigenvalue weighted by molar-refractivity contribution is 0.231. The molecule has 6 heteroatoms. The number of rotatable bonds is 2. The van der Waals surface area contributed by atoms with Crippen molar-refractivity contribution in [3.63, 3.8) is 0 Å². The first-order chi connectivity index (χ1) is 9.28. The molecule has 0 saturated carbocycles. The molecule has 1 aromatic heterocycles. The van der Waals surface area contributed by atoms with Gasteiger partial charge in [0.15, 0.2) is 5.84 Å². The molecule has 1 aromatic rings. The van der Waals surface area contributed by atoms with E-state index in [0.29, 0.717) is 11.7 Å². The molecule has 3 N–H and O–H groups in total. The van der Waals surface area contributed by atoms with Gasteiger partial charge < -0.3 is 15.8 Å². The second-order valence-corrected chi connectivity index (χ2v) is 5.16. The average Bonchev–Trinajstić information content (AvgIpc) is 2.94. The third-order valence-corrected chi connectivity index (χ3v) is 4.07. The predicted molar refractivity (Wildman–Crippen MR) is 73.6 cm³/mol. The Morgan fingerprint density at radius 2 is 2.32 bits per heavy atom. The number of aromatic nitrogens is 1. The molecule has 2 aliphatic rings. The lowest BCUT2D eigenvalue weighted by Crippen LogP contribution is -2.50. The number of amidine groups is 1. The van der Waals surface area contributed by atoms with Crippen molar-refractivity contribution in [2.75, 3.05) is 31.1 Å². The number of fused-ring (bicyclic) bond motifs is 1. The normalized spacial score (nSPS) is 24.5. The fourth-order valence-corrected chi connectivity index (χ4v) is 3.03. The third-order valence-electron chi connectivity index (χ3n) is 4.07. The summed E-state index contributed by atoms with van der Waals surface area (Å²) in [6.45, 7) is 4.44. The van der Waals surface area contributed by atoms with E-state index in [1.165, 1.54) is 19.4 Å². The van der Waals surface area contributed by atoms with E-state index in [1.54, 1.807) is 6.20 Å². The fourth-order valence-electron chi connectivity index (χ4n) is 3.03. The van der Waals surface area contributed by atoms with Crippen molar-refractivity contribution in [3.8, 4) is 0 Å². The fraction of sp³-hybridized carbons (Fsp3) is 0.538. The van der Waals surface area contributed by atoms with Gasteiger partial charge in [-0.3, -0.25) is 9.88 Å². The number of hydrogen-bond acceptors (Lipinski definition) is 5. The van der Waals surface area contributed by atoms with E-state index in [9.17, 15) is 0 Å². The maximum Gasteiger partial charge on any atom is 0.188 e. The zero-order chi connectivity index (χ0) is 13.2. The third kappa shape index (κ3) is 2.35. The van der Waals surface area contributed by atoms with Crippen LogP contribution in [0.2, 0.25) is 0 Å². The van der Waals surface area contributed by atoms with E-state index >= 15 is 0 Å². The maximum absolute atomic E-state index is 8.72. The van der Waals surface area contributed by atoms with Crippen molar-refractivity contribution < 1.29 is 5.21 Å². The second-order valence-electron chi connectivity index (χ2n) is 5.16. The number of pyridine rings is 1. The van der Waals surface area contributed by atoms with Crippen molar-refractivity contribution in [2.45, 2.75) is 18.9 Å². The number of oxime groups is 1. The molecule has 3 heterocycles.